The van der Waals surface area contributed by atoms with Gasteiger partial charge in [-0.2, -0.15) is 0 Å². The number of benzene rings is 1. The lowest BCUT2D eigenvalue weighted by atomic mass is 10.2. The average Bonchev–Trinajstić information content (AvgIpc) is 2.87. The summed E-state index contributed by atoms with van der Waals surface area (Å²) >= 11 is 1.36. The summed E-state index contributed by atoms with van der Waals surface area (Å²) in [6.45, 7) is 3.27. The van der Waals surface area contributed by atoms with Gasteiger partial charge in [-0.15, -0.1) is 11.3 Å². The number of ketones is 1. The molecule has 0 amide bonds. The van der Waals surface area contributed by atoms with Crippen LogP contribution in [0.4, 0.5) is 4.39 Å². The van der Waals surface area contributed by atoms with E-state index >= 15 is 0 Å². The summed E-state index contributed by atoms with van der Waals surface area (Å²) in [6, 6.07) is 7.12. The Morgan fingerprint density at radius 1 is 1.27 bits per heavy atom. The second-order valence-electron chi connectivity index (χ2n) is 4.88. The fraction of sp³-hybridized carbons (Fsp3) is 0.267. The predicted octanol–water partition coefficient (Wildman–Crippen LogP) is 2.92. The molecule has 1 aromatic carbocycles. The fourth-order valence-corrected chi connectivity index (χ4v) is 4.16. The summed E-state index contributed by atoms with van der Waals surface area (Å²) in [5, 5.41) is 0. The van der Waals surface area contributed by atoms with Crippen LogP contribution in [0.2, 0.25) is 0 Å². The maximum Gasteiger partial charge on any atom is 0.240 e. The minimum Gasteiger partial charge on any atom is -0.294 e. The summed E-state index contributed by atoms with van der Waals surface area (Å²) in [5.41, 5.74) is 0.363. The van der Waals surface area contributed by atoms with Gasteiger partial charge in [-0.1, -0.05) is 0 Å². The van der Waals surface area contributed by atoms with E-state index in [1.165, 1.54) is 30.4 Å². The van der Waals surface area contributed by atoms with Gasteiger partial charge in [0.05, 0.1) is 9.77 Å². The zero-order valence-corrected chi connectivity index (χ0v) is 13.9. The third kappa shape index (κ3) is 4.00. The Bertz CT molecular complexity index is 797. The Morgan fingerprint density at radius 2 is 2.00 bits per heavy atom. The van der Waals surface area contributed by atoms with E-state index in [9.17, 15) is 17.6 Å². The number of thiophene rings is 1. The Balaban J connectivity index is 2.02. The van der Waals surface area contributed by atoms with Gasteiger partial charge in [0.1, 0.15) is 5.82 Å². The molecule has 22 heavy (non-hydrogen) atoms. The largest absolute Gasteiger partial charge is 0.294 e. The zero-order valence-electron chi connectivity index (χ0n) is 12.2. The van der Waals surface area contributed by atoms with E-state index in [1.54, 1.807) is 13.0 Å². The average molecular weight is 341 g/mol. The number of sulfonamides is 1. The van der Waals surface area contributed by atoms with Crippen molar-refractivity contribution in [2.24, 2.45) is 0 Å². The van der Waals surface area contributed by atoms with E-state index in [4.69, 9.17) is 0 Å². The van der Waals surface area contributed by atoms with Crippen molar-refractivity contribution >= 4 is 27.1 Å². The highest BCUT2D eigenvalue weighted by molar-refractivity contribution is 7.89. The molecule has 0 saturated carbocycles. The van der Waals surface area contributed by atoms with Crippen molar-refractivity contribution in [3.05, 3.63) is 51.5 Å². The molecular formula is C15H16FNO3S2. The Hall–Kier alpha value is -1.57. The van der Waals surface area contributed by atoms with Gasteiger partial charge < -0.3 is 0 Å². The predicted molar refractivity (Wildman–Crippen MR) is 84.4 cm³/mol. The lowest BCUT2D eigenvalue weighted by molar-refractivity contribution is 0.102. The van der Waals surface area contributed by atoms with Gasteiger partial charge in [0.25, 0.3) is 0 Å². The molecular weight excluding hydrogens is 325 g/mol. The smallest absolute Gasteiger partial charge is 0.240 e. The molecule has 0 aliphatic heterocycles. The second-order valence-corrected chi connectivity index (χ2v) is 7.78. The molecule has 7 heteroatoms. The van der Waals surface area contributed by atoms with E-state index in [0.717, 1.165) is 10.9 Å². The standard InChI is InChI=1S/C15H16FNO3S2/c1-10-9-12(16)3-6-15(10)22(19,20)17-8-7-13-4-5-14(21-13)11(2)18/h3-6,9,17H,7-8H2,1-2H3. The van der Waals surface area contributed by atoms with E-state index in [-0.39, 0.29) is 17.2 Å². The highest BCUT2D eigenvalue weighted by Gasteiger charge is 2.16. The molecule has 0 atom stereocenters. The Labute approximate surface area is 133 Å². The summed E-state index contributed by atoms with van der Waals surface area (Å²) in [4.78, 5) is 12.9. The fourth-order valence-electron chi connectivity index (χ4n) is 2.00. The van der Waals surface area contributed by atoms with Crippen LogP contribution >= 0.6 is 11.3 Å². The van der Waals surface area contributed by atoms with Crippen LogP contribution in [0.3, 0.4) is 0 Å². The summed E-state index contributed by atoms with van der Waals surface area (Å²) in [7, 11) is -3.67. The van der Waals surface area contributed by atoms with Crippen LogP contribution in [0.5, 0.6) is 0 Å². The molecule has 1 N–H and O–H groups in total. The SMILES string of the molecule is CC(=O)c1ccc(CCNS(=O)(=O)c2ccc(F)cc2C)s1. The number of carbonyl (C=O) groups excluding carboxylic acids is 1. The van der Waals surface area contributed by atoms with Gasteiger partial charge in [0.15, 0.2) is 5.78 Å². The first-order chi connectivity index (χ1) is 10.3. The number of hydrogen-bond acceptors (Lipinski definition) is 4. The molecule has 4 nitrogen and oxygen atoms in total. The maximum absolute atomic E-state index is 13.0. The molecule has 0 bridgehead atoms. The number of carbonyl (C=O) groups is 1. The van der Waals surface area contributed by atoms with Crippen molar-refractivity contribution in [2.75, 3.05) is 6.54 Å². The molecule has 118 valence electrons. The topological polar surface area (TPSA) is 63.2 Å². The molecule has 0 fully saturated rings. The monoisotopic (exact) mass is 341 g/mol. The Morgan fingerprint density at radius 3 is 2.59 bits per heavy atom. The first kappa shape index (κ1) is 16.8. The molecule has 0 aliphatic carbocycles. The first-order valence-electron chi connectivity index (χ1n) is 6.65. The Kier molecular flexibility index (Phi) is 5.10. The van der Waals surface area contributed by atoms with Crippen molar-refractivity contribution < 1.29 is 17.6 Å². The molecule has 0 spiro atoms. The van der Waals surface area contributed by atoms with Gasteiger partial charge >= 0.3 is 0 Å². The van der Waals surface area contributed by atoms with Gasteiger partial charge in [-0.25, -0.2) is 17.5 Å². The molecule has 1 aromatic heterocycles. The van der Waals surface area contributed by atoms with Crippen molar-refractivity contribution in [3.8, 4) is 0 Å². The summed E-state index contributed by atoms with van der Waals surface area (Å²) in [6.07, 6.45) is 0.497. The number of rotatable bonds is 6. The third-order valence-corrected chi connectivity index (χ3v) is 5.97. The van der Waals surface area contributed by atoms with Crippen molar-refractivity contribution in [1.29, 1.82) is 0 Å². The maximum atomic E-state index is 13.0. The lowest BCUT2D eigenvalue weighted by Gasteiger charge is -2.08. The minimum absolute atomic E-state index is 0.00114. The van der Waals surface area contributed by atoms with Crippen molar-refractivity contribution in [1.82, 2.24) is 4.72 Å². The molecule has 1 heterocycles. The number of Topliss-reactive ketones (excluding diaryl/α,β-unsaturated/α-hetero) is 1. The van der Waals surface area contributed by atoms with E-state index in [1.807, 2.05) is 6.07 Å². The summed E-state index contributed by atoms with van der Waals surface area (Å²) in [5.74, 6) is -0.467. The van der Waals surface area contributed by atoms with Gasteiger partial charge in [0, 0.05) is 11.4 Å². The van der Waals surface area contributed by atoms with Crippen LogP contribution in [-0.2, 0) is 16.4 Å². The number of hydrogen-bond donors (Lipinski definition) is 1. The van der Waals surface area contributed by atoms with Crippen molar-refractivity contribution in [2.45, 2.75) is 25.2 Å². The highest BCUT2D eigenvalue weighted by atomic mass is 32.2. The molecule has 0 unspecified atom stereocenters. The zero-order chi connectivity index (χ0) is 16.3. The van der Waals surface area contributed by atoms with Crippen LogP contribution in [-0.4, -0.2) is 20.7 Å². The van der Waals surface area contributed by atoms with Crippen LogP contribution in [0.15, 0.2) is 35.2 Å². The van der Waals surface area contributed by atoms with E-state index in [2.05, 4.69) is 4.72 Å². The van der Waals surface area contributed by atoms with Crippen LogP contribution in [0.25, 0.3) is 0 Å². The normalized spacial score (nSPS) is 11.6. The molecule has 2 aromatic rings. The number of halogens is 1. The van der Waals surface area contributed by atoms with Gasteiger partial charge in [-0.3, -0.25) is 4.79 Å². The quantitative estimate of drug-likeness (QED) is 0.822. The minimum atomic E-state index is -3.67. The number of aryl methyl sites for hydroxylation is 1. The third-order valence-electron chi connectivity index (χ3n) is 3.10. The molecule has 0 saturated heterocycles. The number of nitrogens with one attached hydrogen (secondary N) is 1. The van der Waals surface area contributed by atoms with E-state index in [0.29, 0.717) is 16.9 Å². The van der Waals surface area contributed by atoms with Crippen molar-refractivity contribution in [3.63, 3.8) is 0 Å². The molecule has 2 rings (SSSR count). The summed E-state index contributed by atoms with van der Waals surface area (Å²) < 4.78 is 39.9. The molecule has 0 aliphatic rings. The molecule has 0 radical (unpaired) electrons. The second kappa shape index (κ2) is 6.68. The van der Waals surface area contributed by atoms with Gasteiger partial charge in [-0.05, 0) is 56.2 Å². The highest BCUT2D eigenvalue weighted by Crippen LogP contribution is 2.18. The van der Waals surface area contributed by atoms with Crippen LogP contribution < -0.4 is 4.72 Å². The van der Waals surface area contributed by atoms with Crippen LogP contribution in [0, 0.1) is 12.7 Å². The van der Waals surface area contributed by atoms with Gasteiger partial charge in [0.2, 0.25) is 10.0 Å². The van der Waals surface area contributed by atoms with Crippen LogP contribution in [0.1, 0.15) is 27.0 Å². The first-order valence-corrected chi connectivity index (χ1v) is 8.95. The van der Waals surface area contributed by atoms with E-state index < -0.39 is 15.8 Å². The lowest BCUT2D eigenvalue weighted by Crippen LogP contribution is -2.26.